The highest BCUT2D eigenvalue weighted by Gasteiger charge is 2.28. The van der Waals surface area contributed by atoms with E-state index < -0.39 is 0 Å². The Hall–Kier alpha value is -0.320. The lowest BCUT2D eigenvalue weighted by Gasteiger charge is -2.25. The van der Waals surface area contributed by atoms with Crippen molar-refractivity contribution in [1.29, 1.82) is 0 Å². The molecule has 0 fully saturated rings. The SMILES string of the molecule is SC=c1c(=CS)c2c(=CS)c(=CS)c3c(Br)c(Br)c4c(Br)c(Br)c5ccc6ccc1c1c6c5c4c3c21. The van der Waals surface area contributed by atoms with E-state index in [4.69, 9.17) is 37.9 Å². The van der Waals surface area contributed by atoms with Gasteiger partial charge in [-0.2, -0.15) is 50.5 Å². The molecule has 0 nitrogen and oxygen atoms in total. The molecule has 36 heavy (non-hydrogen) atoms. The number of thiol groups is 4. The second-order valence-electron chi connectivity index (χ2n) is 8.75. The summed E-state index contributed by atoms with van der Waals surface area (Å²) in [6.45, 7) is 0. The largest absolute Gasteiger partial charge is 0.151 e. The standard InChI is InChI=1S/C28H12Br4S4/c29-25-11-4-2-9-1-3-10-12(5-33)13(6-34)17-14(7-35)15(8-36)20-23-21(17)18(10)16(9)19(11)22(23)24(27(25)31)28(32)26(20)30/h1-8,33-36H. The Morgan fingerprint density at radius 3 is 1.47 bits per heavy atom. The maximum absolute atomic E-state index is 4.70. The molecule has 0 N–H and O–H groups in total. The quantitative estimate of drug-likeness (QED) is 0.0660. The van der Waals surface area contributed by atoms with Crippen molar-refractivity contribution in [3.63, 3.8) is 0 Å². The summed E-state index contributed by atoms with van der Waals surface area (Å²) < 4.78 is 4.04. The minimum atomic E-state index is 0.983. The van der Waals surface area contributed by atoms with E-state index in [0.29, 0.717) is 0 Å². The van der Waals surface area contributed by atoms with E-state index >= 15 is 0 Å². The highest BCUT2D eigenvalue weighted by atomic mass is 79.9. The third kappa shape index (κ3) is 2.78. The van der Waals surface area contributed by atoms with Gasteiger partial charge in [0.15, 0.2) is 0 Å². The van der Waals surface area contributed by atoms with Crippen molar-refractivity contribution >= 4 is 201 Å². The summed E-state index contributed by atoms with van der Waals surface area (Å²) in [5.41, 5.74) is 0. The fourth-order valence-corrected chi connectivity index (χ4v) is 9.79. The Morgan fingerprint density at radius 2 is 0.833 bits per heavy atom. The highest BCUT2D eigenvalue weighted by molar-refractivity contribution is 9.14. The van der Waals surface area contributed by atoms with Gasteiger partial charge in [-0.1, -0.05) is 24.3 Å². The van der Waals surface area contributed by atoms with Crippen LogP contribution in [0.1, 0.15) is 0 Å². The summed E-state index contributed by atoms with van der Waals surface area (Å²) in [4.78, 5) is 0. The molecule has 0 aromatic heterocycles. The summed E-state index contributed by atoms with van der Waals surface area (Å²) in [6, 6.07) is 8.85. The number of rotatable bonds is 0. The van der Waals surface area contributed by atoms with Gasteiger partial charge in [-0.3, -0.25) is 0 Å². The average molecular weight is 796 g/mol. The summed E-state index contributed by atoms with van der Waals surface area (Å²) in [5.74, 6) is 0. The van der Waals surface area contributed by atoms with Gasteiger partial charge < -0.3 is 0 Å². The Labute approximate surface area is 260 Å². The van der Waals surface area contributed by atoms with Crippen LogP contribution in [0.5, 0.6) is 0 Å². The maximum atomic E-state index is 4.70. The Kier molecular flexibility index (Phi) is 5.89. The smallest absolute Gasteiger partial charge is 0.0414 e. The van der Waals surface area contributed by atoms with Crippen molar-refractivity contribution in [1.82, 2.24) is 0 Å². The van der Waals surface area contributed by atoms with Gasteiger partial charge in [-0.05, 0) is 149 Å². The van der Waals surface area contributed by atoms with Gasteiger partial charge in [0, 0.05) is 39.4 Å². The molecule has 7 aromatic carbocycles. The van der Waals surface area contributed by atoms with Crippen LogP contribution in [0.3, 0.4) is 0 Å². The van der Waals surface area contributed by atoms with E-state index in [9.17, 15) is 0 Å². The van der Waals surface area contributed by atoms with Crippen LogP contribution < -0.4 is 20.9 Å². The normalized spacial score (nSPS) is 15.3. The number of benzene rings is 7. The fraction of sp³-hybridized carbons (Fsp3) is 0. The van der Waals surface area contributed by atoms with Crippen LogP contribution in [0.25, 0.3) is 86.3 Å². The molecular weight excluding hydrogens is 784 g/mol. The van der Waals surface area contributed by atoms with Crippen molar-refractivity contribution in [2.45, 2.75) is 0 Å². The van der Waals surface area contributed by atoms with E-state index in [0.717, 1.165) is 60.3 Å². The van der Waals surface area contributed by atoms with E-state index in [2.05, 4.69) is 101 Å². The van der Waals surface area contributed by atoms with E-state index in [1.54, 1.807) is 0 Å². The monoisotopic (exact) mass is 792 g/mol. The van der Waals surface area contributed by atoms with Gasteiger partial charge >= 0.3 is 0 Å². The van der Waals surface area contributed by atoms with Crippen molar-refractivity contribution in [2.75, 3.05) is 0 Å². The zero-order valence-electron chi connectivity index (χ0n) is 17.9. The van der Waals surface area contributed by atoms with Crippen LogP contribution in [0.2, 0.25) is 0 Å². The molecule has 0 atom stereocenters. The molecular formula is C28H12Br4S4. The van der Waals surface area contributed by atoms with Crippen LogP contribution >= 0.6 is 114 Å². The Bertz CT molecular complexity index is 2340. The predicted molar refractivity (Wildman–Crippen MR) is 188 cm³/mol. The van der Waals surface area contributed by atoms with Gasteiger partial charge in [-0.15, -0.1) is 0 Å². The first-order chi connectivity index (χ1) is 17.4. The highest BCUT2D eigenvalue weighted by Crippen LogP contribution is 2.54. The number of hydrogen-bond donors (Lipinski definition) is 4. The second-order valence-corrected chi connectivity index (χ2v) is 13.0. The molecule has 0 heterocycles. The van der Waals surface area contributed by atoms with Gasteiger partial charge in [0.25, 0.3) is 0 Å². The van der Waals surface area contributed by atoms with Crippen LogP contribution in [0.4, 0.5) is 0 Å². The molecule has 0 radical (unpaired) electrons. The molecule has 0 bridgehead atoms. The first-order valence-electron chi connectivity index (χ1n) is 10.8. The Morgan fingerprint density at radius 1 is 0.389 bits per heavy atom. The first-order valence-corrected chi connectivity index (χ1v) is 16.0. The van der Waals surface area contributed by atoms with E-state index in [-0.39, 0.29) is 0 Å². The molecule has 0 aliphatic heterocycles. The van der Waals surface area contributed by atoms with E-state index in [1.165, 1.54) is 43.1 Å². The molecule has 0 unspecified atom stereocenters. The maximum Gasteiger partial charge on any atom is 0.0414 e. The summed E-state index contributed by atoms with van der Waals surface area (Å²) in [5, 5.41) is 25.8. The molecule has 8 heteroatoms. The molecule has 7 aromatic rings. The molecule has 0 aliphatic carbocycles. The number of hydrogen-bond acceptors (Lipinski definition) is 4. The fourth-order valence-electron chi connectivity index (χ4n) is 6.10. The van der Waals surface area contributed by atoms with Crippen molar-refractivity contribution in [3.8, 4) is 0 Å². The molecule has 7 rings (SSSR count). The zero-order valence-corrected chi connectivity index (χ0v) is 27.8. The predicted octanol–water partition coefficient (Wildman–Crippen LogP) is 8.64. The van der Waals surface area contributed by atoms with Crippen LogP contribution in [-0.4, -0.2) is 0 Å². The van der Waals surface area contributed by atoms with Crippen LogP contribution in [0, 0.1) is 0 Å². The third-order valence-corrected chi connectivity index (χ3v) is 12.7. The molecule has 0 amide bonds. The molecule has 0 saturated carbocycles. The summed E-state index contributed by atoms with van der Waals surface area (Å²) in [6.07, 6.45) is 0. The summed E-state index contributed by atoms with van der Waals surface area (Å²) in [7, 11) is 0. The van der Waals surface area contributed by atoms with Gasteiger partial charge in [0.05, 0.1) is 0 Å². The minimum absolute atomic E-state index is 0.983. The minimum Gasteiger partial charge on any atom is -0.151 e. The lowest BCUT2D eigenvalue weighted by atomic mass is 9.81. The molecule has 0 saturated heterocycles. The average Bonchev–Trinajstić information content (AvgIpc) is 2.90. The van der Waals surface area contributed by atoms with Gasteiger partial charge in [-0.25, -0.2) is 0 Å². The van der Waals surface area contributed by atoms with Crippen LogP contribution in [0.15, 0.2) is 42.2 Å². The molecule has 0 aliphatic rings. The second kappa shape index (κ2) is 8.59. The third-order valence-electron chi connectivity index (χ3n) is 7.41. The summed E-state index contributed by atoms with van der Waals surface area (Å²) >= 11 is 34.5. The van der Waals surface area contributed by atoms with Crippen molar-refractivity contribution in [2.24, 2.45) is 0 Å². The van der Waals surface area contributed by atoms with Crippen LogP contribution in [-0.2, 0) is 0 Å². The molecule has 176 valence electrons. The van der Waals surface area contributed by atoms with Gasteiger partial charge in [0.2, 0.25) is 0 Å². The topological polar surface area (TPSA) is 0 Å². The van der Waals surface area contributed by atoms with Crippen molar-refractivity contribution < 1.29 is 0 Å². The van der Waals surface area contributed by atoms with E-state index in [1.807, 2.05) is 21.6 Å². The lowest BCUT2D eigenvalue weighted by molar-refractivity contribution is 1.59. The van der Waals surface area contributed by atoms with Gasteiger partial charge in [0.1, 0.15) is 0 Å². The lowest BCUT2D eigenvalue weighted by Crippen LogP contribution is -2.36. The first kappa shape index (κ1) is 24.7. The Balaban J connectivity index is 2.17. The number of halogens is 4. The molecule has 0 spiro atoms. The van der Waals surface area contributed by atoms with Crippen molar-refractivity contribution in [3.05, 3.63) is 63.0 Å². The zero-order chi connectivity index (χ0) is 25.2.